The van der Waals surface area contributed by atoms with E-state index in [1.54, 1.807) is 11.3 Å². The van der Waals surface area contributed by atoms with E-state index in [-0.39, 0.29) is 6.04 Å². The molecule has 0 radical (unpaired) electrons. The summed E-state index contributed by atoms with van der Waals surface area (Å²) in [5.74, 6) is 5.81. The molecule has 0 aliphatic carbocycles. The van der Waals surface area contributed by atoms with Gasteiger partial charge in [0.2, 0.25) is 0 Å². The van der Waals surface area contributed by atoms with Gasteiger partial charge in [0.15, 0.2) is 0 Å². The lowest BCUT2D eigenvalue weighted by Crippen LogP contribution is -2.28. The fraction of sp³-hybridized carbons (Fsp3) is 0.222. The SMILES string of the molecule is Cc1ccc(CCC(NN)c2cccc3ccsc23)cc1. The number of aryl methyl sites for hydroxylation is 2. The van der Waals surface area contributed by atoms with E-state index in [2.05, 4.69) is 66.3 Å². The van der Waals surface area contributed by atoms with Gasteiger partial charge < -0.3 is 0 Å². The number of hydrogen-bond donors (Lipinski definition) is 2. The van der Waals surface area contributed by atoms with Gasteiger partial charge in [0.05, 0.1) is 0 Å². The molecule has 0 amide bonds. The summed E-state index contributed by atoms with van der Waals surface area (Å²) in [5, 5.41) is 3.44. The molecular formula is C18H20N2S. The van der Waals surface area contributed by atoms with E-state index in [0.717, 1.165) is 12.8 Å². The first kappa shape index (κ1) is 14.3. The minimum atomic E-state index is 0.189. The molecule has 1 atom stereocenters. The Morgan fingerprint density at radius 1 is 1.10 bits per heavy atom. The lowest BCUT2D eigenvalue weighted by molar-refractivity contribution is 0.520. The summed E-state index contributed by atoms with van der Waals surface area (Å²) < 4.78 is 1.34. The normalized spacial score (nSPS) is 12.7. The molecule has 0 aliphatic heterocycles. The van der Waals surface area contributed by atoms with E-state index in [1.807, 2.05) is 0 Å². The number of hydrogen-bond acceptors (Lipinski definition) is 3. The molecule has 108 valence electrons. The minimum absolute atomic E-state index is 0.189. The Bertz CT molecular complexity index is 715. The van der Waals surface area contributed by atoms with E-state index in [1.165, 1.54) is 26.8 Å². The zero-order valence-corrected chi connectivity index (χ0v) is 13.0. The van der Waals surface area contributed by atoms with E-state index in [0.29, 0.717) is 0 Å². The third kappa shape index (κ3) is 3.16. The molecule has 0 saturated heterocycles. The van der Waals surface area contributed by atoms with Gasteiger partial charge in [-0.1, -0.05) is 48.0 Å². The highest BCUT2D eigenvalue weighted by Crippen LogP contribution is 2.30. The van der Waals surface area contributed by atoms with Crippen molar-refractivity contribution in [1.82, 2.24) is 5.43 Å². The average Bonchev–Trinajstić information content (AvgIpc) is 2.99. The number of rotatable bonds is 5. The molecule has 1 heterocycles. The third-order valence-corrected chi connectivity index (χ3v) is 4.91. The average molecular weight is 296 g/mol. The molecule has 1 aromatic heterocycles. The summed E-state index contributed by atoms with van der Waals surface area (Å²) in [7, 11) is 0. The van der Waals surface area contributed by atoms with Crippen molar-refractivity contribution in [3.8, 4) is 0 Å². The summed E-state index contributed by atoms with van der Waals surface area (Å²) in [6, 6.07) is 17.5. The summed E-state index contributed by atoms with van der Waals surface area (Å²) in [4.78, 5) is 0. The van der Waals surface area contributed by atoms with E-state index in [9.17, 15) is 0 Å². The summed E-state index contributed by atoms with van der Waals surface area (Å²) in [6.07, 6.45) is 2.02. The third-order valence-electron chi connectivity index (χ3n) is 3.93. The van der Waals surface area contributed by atoms with Crippen LogP contribution in [0.1, 0.15) is 29.2 Å². The molecule has 3 rings (SSSR count). The first-order valence-corrected chi connectivity index (χ1v) is 8.13. The van der Waals surface area contributed by atoms with Crippen molar-refractivity contribution in [1.29, 1.82) is 0 Å². The fourth-order valence-electron chi connectivity index (χ4n) is 2.68. The van der Waals surface area contributed by atoms with Gasteiger partial charge in [0, 0.05) is 10.7 Å². The summed E-state index contributed by atoms with van der Waals surface area (Å²) in [6.45, 7) is 2.12. The van der Waals surface area contributed by atoms with Gasteiger partial charge in [-0.15, -0.1) is 11.3 Å². The maximum atomic E-state index is 5.81. The van der Waals surface area contributed by atoms with Crippen LogP contribution in [0.3, 0.4) is 0 Å². The molecule has 0 bridgehead atoms. The monoisotopic (exact) mass is 296 g/mol. The molecular weight excluding hydrogens is 276 g/mol. The molecule has 0 spiro atoms. The first-order chi connectivity index (χ1) is 10.3. The van der Waals surface area contributed by atoms with Gasteiger partial charge in [-0.3, -0.25) is 11.3 Å². The van der Waals surface area contributed by atoms with Crippen LogP contribution in [-0.4, -0.2) is 0 Å². The van der Waals surface area contributed by atoms with Crippen molar-refractivity contribution in [2.45, 2.75) is 25.8 Å². The molecule has 3 N–H and O–H groups in total. The maximum Gasteiger partial charge on any atom is 0.0477 e. The van der Waals surface area contributed by atoms with Crippen LogP contribution < -0.4 is 11.3 Å². The Balaban J connectivity index is 1.79. The fourth-order valence-corrected chi connectivity index (χ4v) is 3.65. The maximum absolute atomic E-state index is 5.81. The van der Waals surface area contributed by atoms with E-state index >= 15 is 0 Å². The van der Waals surface area contributed by atoms with Crippen LogP contribution >= 0.6 is 11.3 Å². The van der Waals surface area contributed by atoms with Crippen LogP contribution in [0.15, 0.2) is 53.9 Å². The number of nitrogens with two attached hydrogens (primary N) is 1. The number of thiophene rings is 1. The van der Waals surface area contributed by atoms with Crippen molar-refractivity contribution in [2.75, 3.05) is 0 Å². The molecule has 0 fully saturated rings. The van der Waals surface area contributed by atoms with Gasteiger partial charge in [0.1, 0.15) is 0 Å². The molecule has 1 unspecified atom stereocenters. The number of hydrazine groups is 1. The predicted molar refractivity (Wildman–Crippen MR) is 91.4 cm³/mol. The lowest BCUT2D eigenvalue weighted by atomic mass is 9.98. The largest absolute Gasteiger partial charge is 0.271 e. The van der Waals surface area contributed by atoms with Gasteiger partial charge in [0.25, 0.3) is 0 Å². The number of fused-ring (bicyclic) bond motifs is 1. The van der Waals surface area contributed by atoms with Crippen LogP contribution in [-0.2, 0) is 6.42 Å². The lowest BCUT2D eigenvalue weighted by Gasteiger charge is -2.17. The van der Waals surface area contributed by atoms with E-state index < -0.39 is 0 Å². The predicted octanol–water partition coefficient (Wildman–Crippen LogP) is 4.35. The zero-order chi connectivity index (χ0) is 14.7. The first-order valence-electron chi connectivity index (χ1n) is 7.26. The Labute approximate surface area is 129 Å². The van der Waals surface area contributed by atoms with Gasteiger partial charge in [-0.2, -0.15) is 0 Å². The van der Waals surface area contributed by atoms with Crippen molar-refractivity contribution in [3.63, 3.8) is 0 Å². The Morgan fingerprint density at radius 3 is 2.67 bits per heavy atom. The van der Waals surface area contributed by atoms with Crippen LogP contribution in [0, 0.1) is 6.92 Å². The van der Waals surface area contributed by atoms with Crippen molar-refractivity contribution in [3.05, 3.63) is 70.6 Å². The quantitative estimate of drug-likeness (QED) is 0.543. The Hall–Kier alpha value is -1.68. The highest BCUT2D eigenvalue weighted by molar-refractivity contribution is 7.17. The number of nitrogens with one attached hydrogen (secondary N) is 1. The van der Waals surface area contributed by atoms with E-state index in [4.69, 9.17) is 5.84 Å². The van der Waals surface area contributed by atoms with Crippen LogP contribution in [0.25, 0.3) is 10.1 Å². The van der Waals surface area contributed by atoms with Crippen LogP contribution in [0.5, 0.6) is 0 Å². The molecule has 21 heavy (non-hydrogen) atoms. The summed E-state index contributed by atoms with van der Waals surface area (Å²) in [5.41, 5.74) is 6.95. The zero-order valence-electron chi connectivity index (χ0n) is 12.2. The highest BCUT2D eigenvalue weighted by atomic mass is 32.1. The molecule has 2 nitrogen and oxygen atoms in total. The van der Waals surface area contributed by atoms with Gasteiger partial charge >= 0.3 is 0 Å². The smallest absolute Gasteiger partial charge is 0.0477 e. The van der Waals surface area contributed by atoms with Crippen LogP contribution in [0.2, 0.25) is 0 Å². The second-order valence-corrected chi connectivity index (χ2v) is 6.35. The van der Waals surface area contributed by atoms with Gasteiger partial charge in [-0.25, -0.2) is 0 Å². The second kappa shape index (κ2) is 6.39. The molecule has 0 aliphatic rings. The highest BCUT2D eigenvalue weighted by Gasteiger charge is 2.13. The standard InChI is InChI=1S/C18H20N2S/c1-13-5-7-14(8-6-13)9-10-17(20-19)16-4-2-3-15-11-12-21-18(15)16/h2-8,11-12,17,20H,9-10,19H2,1H3. The van der Waals surface area contributed by atoms with Crippen molar-refractivity contribution in [2.24, 2.45) is 5.84 Å². The van der Waals surface area contributed by atoms with Crippen molar-refractivity contribution < 1.29 is 0 Å². The minimum Gasteiger partial charge on any atom is -0.271 e. The Morgan fingerprint density at radius 2 is 1.90 bits per heavy atom. The molecule has 2 aromatic carbocycles. The topological polar surface area (TPSA) is 38.0 Å². The molecule has 0 saturated carbocycles. The van der Waals surface area contributed by atoms with Crippen LogP contribution in [0.4, 0.5) is 0 Å². The molecule has 3 heteroatoms. The van der Waals surface area contributed by atoms with Gasteiger partial charge in [-0.05, 0) is 47.7 Å². The Kier molecular flexibility index (Phi) is 4.34. The number of benzene rings is 2. The molecule has 3 aromatic rings. The second-order valence-electron chi connectivity index (χ2n) is 5.43. The summed E-state index contributed by atoms with van der Waals surface area (Å²) >= 11 is 1.79. The van der Waals surface area contributed by atoms with Crippen molar-refractivity contribution >= 4 is 21.4 Å².